The lowest BCUT2D eigenvalue weighted by Crippen LogP contribution is -2.24. The molecule has 5 rings (SSSR count). The standard InChI is InChI=1S/C28H22N2O6/c31-17-5-9-23(33)15(11-17)13-29-21-7-8-22(30-14-16-12-18(32)6-10-24(16)34)26-25(21)27(35)19-3-1-2-4-20(19)28(26)36/h1-12,29-34H,13-14H2. The van der Waals surface area contributed by atoms with Gasteiger partial charge in [0, 0.05) is 46.7 Å². The van der Waals surface area contributed by atoms with E-state index >= 15 is 0 Å². The van der Waals surface area contributed by atoms with Gasteiger partial charge in [-0.15, -0.1) is 0 Å². The van der Waals surface area contributed by atoms with E-state index < -0.39 is 0 Å². The molecule has 0 bridgehead atoms. The number of hydrogen-bond donors (Lipinski definition) is 6. The lowest BCUT2D eigenvalue weighted by atomic mass is 9.82. The fraction of sp³-hybridized carbons (Fsp3) is 0.0714. The molecule has 0 atom stereocenters. The average Bonchev–Trinajstić information content (AvgIpc) is 2.88. The zero-order valence-corrected chi connectivity index (χ0v) is 18.9. The van der Waals surface area contributed by atoms with Gasteiger partial charge in [-0.05, 0) is 48.5 Å². The number of phenolic OH excluding ortho intramolecular Hbond substituents is 4. The number of hydrogen-bond acceptors (Lipinski definition) is 8. The third kappa shape index (κ3) is 4.05. The van der Waals surface area contributed by atoms with E-state index in [4.69, 9.17) is 0 Å². The first-order valence-electron chi connectivity index (χ1n) is 11.2. The van der Waals surface area contributed by atoms with Crippen molar-refractivity contribution in [2.45, 2.75) is 13.1 Å². The van der Waals surface area contributed by atoms with Crippen LogP contribution in [0.25, 0.3) is 0 Å². The average molecular weight is 482 g/mol. The van der Waals surface area contributed by atoms with Crippen LogP contribution in [0.2, 0.25) is 0 Å². The van der Waals surface area contributed by atoms with Crippen LogP contribution in [-0.2, 0) is 13.1 Å². The van der Waals surface area contributed by atoms with Gasteiger partial charge in [0.2, 0.25) is 0 Å². The summed E-state index contributed by atoms with van der Waals surface area (Å²) in [6.07, 6.45) is 0. The van der Waals surface area contributed by atoms with E-state index in [2.05, 4.69) is 10.6 Å². The Labute approximate surface area is 206 Å². The number of aromatic hydroxyl groups is 4. The minimum Gasteiger partial charge on any atom is -0.508 e. The summed E-state index contributed by atoms with van der Waals surface area (Å²) in [5, 5.41) is 46.0. The Bertz CT molecular complexity index is 1420. The largest absolute Gasteiger partial charge is 0.508 e. The van der Waals surface area contributed by atoms with Crippen LogP contribution in [0.15, 0.2) is 72.8 Å². The maximum Gasteiger partial charge on any atom is 0.196 e. The van der Waals surface area contributed by atoms with Gasteiger partial charge in [-0.25, -0.2) is 0 Å². The lowest BCUT2D eigenvalue weighted by Gasteiger charge is -2.24. The molecule has 0 saturated heterocycles. The van der Waals surface area contributed by atoms with Crippen molar-refractivity contribution in [1.29, 1.82) is 0 Å². The van der Waals surface area contributed by atoms with Crippen molar-refractivity contribution in [1.82, 2.24) is 0 Å². The van der Waals surface area contributed by atoms with Gasteiger partial charge in [0.05, 0.1) is 11.1 Å². The first kappa shape index (κ1) is 22.8. The van der Waals surface area contributed by atoms with E-state index in [0.29, 0.717) is 33.6 Å². The number of carbonyl (C=O) groups is 2. The molecule has 8 heteroatoms. The minimum atomic E-state index is -0.327. The van der Waals surface area contributed by atoms with Crippen LogP contribution in [0.5, 0.6) is 23.0 Å². The zero-order chi connectivity index (χ0) is 25.4. The van der Waals surface area contributed by atoms with Crippen molar-refractivity contribution in [3.63, 3.8) is 0 Å². The van der Waals surface area contributed by atoms with Crippen LogP contribution in [0.4, 0.5) is 11.4 Å². The molecule has 1 aliphatic carbocycles. The van der Waals surface area contributed by atoms with Crippen molar-refractivity contribution in [3.05, 3.63) is 106 Å². The SMILES string of the molecule is O=C1c2ccccc2C(=O)c2c(NCc3cc(O)ccc3O)ccc(NCc3cc(O)ccc3O)c21. The molecule has 0 unspecified atom stereocenters. The van der Waals surface area contributed by atoms with Gasteiger partial charge in [-0.1, -0.05) is 24.3 Å². The molecule has 0 heterocycles. The molecular weight excluding hydrogens is 460 g/mol. The maximum atomic E-state index is 13.5. The number of benzene rings is 4. The molecule has 6 N–H and O–H groups in total. The Kier molecular flexibility index (Phi) is 5.69. The van der Waals surface area contributed by atoms with Crippen LogP contribution >= 0.6 is 0 Å². The lowest BCUT2D eigenvalue weighted by molar-refractivity contribution is 0.0980. The Balaban J connectivity index is 1.55. The molecule has 8 nitrogen and oxygen atoms in total. The van der Waals surface area contributed by atoms with Gasteiger partial charge < -0.3 is 31.1 Å². The predicted molar refractivity (Wildman–Crippen MR) is 134 cm³/mol. The summed E-state index contributed by atoms with van der Waals surface area (Å²) in [6, 6.07) is 18.2. The minimum absolute atomic E-state index is 0.0124. The van der Waals surface area contributed by atoms with Crippen LogP contribution in [0.3, 0.4) is 0 Å². The number of phenols is 4. The van der Waals surface area contributed by atoms with E-state index in [9.17, 15) is 30.0 Å². The van der Waals surface area contributed by atoms with Gasteiger partial charge in [0.1, 0.15) is 23.0 Å². The highest BCUT2D eigenvalue weighted by atomic mass is 16.3. The number of rotatable bonds is 6. The zero-order valence-electron chi connectivity index (χ0n) is 18.9. The van der Waals surface area contributed by atoms with Gasteiger partial charge >= 0.3 is 0 Å². The third-order valence-corrected chi connectivity index (χ3v) is 6.14. The highest BCUT2D eigenvalue weighted by Gasteiger charge is 2.33. The van der Waals surface area contributed by atoms with E-state index in [1.54, 1.807) is 36.4 Å². The summed E-state index contributed by atoms with van der Waals surface area (Å²) in [4.78, 5) is 27.1. The second kappa shape index (κ2) is 8.99. The summed E-state index contributed by atoms with van der Waals surface area (Å²) in [5.41, 5.74) is 2.58. The van der Waals surface area contributed by atoms with Crippen molar-refractivity contribution >= 4 is 22.9 Å². The number of carbonyl (C=O) groups excluding carboxylic acids is 2. The number of anilines is 2. The maximum absolute atomic E-state index is 13.5. The molecule has 4 aromatic carbocycles. The first-order valence-corrected chi connectivity index (χ1v) is 11.2. The number of nitrogens with one attached hydrogen (secondary N) is 2. The molecule has 0 spiro atoms. The second-order valence-electron chi connectivity index (χ2n) is 8.45. The monoisotopic (exact) mass is 482 g/mol. The summed E-state index contributed by atoms with van der Waals surface area (Å²) < 4.78 is 0. The molecule has 1 aliphatic rings. The van der Waals surface area contributed by atoms with E-state index in [1.165, 1.54) is 36.4 Å². The normalized spacial score (nSPS) is 12.1. The van der Waals surface area contributed by atoms with Gasteiger partial charge in [-0.2, -0.15) is 0 Å². The third-order valence-electron chi connectivity index (χ3n) is 6.14. The second-order valence-corrected chi connectivity index (χ2v) is 8.45. The molecular formula is C28H22N2O6. The molecule has 4 aromatic rings. The Morgan fingerprint density at radius 3 is 1.39 bits per heavy atom. The predicted octanol–water partition coefficient (Wildman–Crippen LogP) is 4.51. The van der Waals surface area contributed by atoms with Gasteiger partial charge in [-0.3, -0.25) is 9.59 Å². The van der Waals surface area contributed by atoms with Crippen molar-refractivity contribution < 1.29 is 30.0 Å². The quantitative estimate of drug-likeness (QED) is 0.194. The highest BCUT2D eigenvalue weighted by Crippen LogP contribution is 2.37. The first-order chi connectivity index (χ1) is 17.3. The number of fused-ring (bicyclic) bond motifs is 2. The molecule has 0 amide bonds. The van der Waals surface area contributed by atoms with E-state index in [-0.39, 0.29) is 58.8 Å². The summed E-state index contributed by atoms with van der Waals surface area (Å²) in [7, 11) is 0. The van der Waals surface area contributed by atoms with Crippen LogP contribution in [0.1, 0.15) is 43.0 Å². The highest BCUT2D eigenvalue weighted by molar-refractivity contribution is 6.31. The van der Waals surface area contributed by atoms with Crippen molar-refractivity contribution in [2.75, 3.05) is 10.6 Å². The fourth-order valence-electron chi connectivity index (χ4n) is 4.33. The van der Waals surface area contributed by atoms with Crippen LogP contribution < -0.4 is 10.6 Å². The van der Waals surface area contributed by atoms with Crippen LogP contribution in [0, 0.1) is 0 Å². The van der Waals surface area contributed by atoms with Gasteiger partial charge in [0.25, 0.3) is 0 Å². The Morgan fingerprint density at radius 2 is 0.972 bits per heavy atom. The van der Waals surface area contributed by atoms with Gasteiger partial charge in [0.15, 0.2) is 11.6 Å². The fourth-order valence-corrected chi connectivity index (χ4v) is 4.33. The molecule has 36 heavy (non-hydrogen) atoms. The van der Waals surface area contributed by atoms with Crippen LogP contribution in [-0.4, -0.2) is 32.0 Å². The summed E-state index contributed by atoms with van der Waals surface area (Å²) in [6.45, 7) is 0.194. The molecule has 0 fully saturated rings. The molecule has 0 saturated carbocycles. The number of ketones is 2. The Morgan fingerprint density at radius 1 is 0.556 bits per heavy atom. The smallest absolute Gasteiger partial charge is 0.196 e. The van der Waals surface area contributed by atoms with Crippen molar-refractivity contribution in [3.8, 4) is 23.0 Å². The molecule has 0 aliphatic heterocycles. The van der Waals surface area contributed by atoms with Crippen molar-refractivity contribution in [2.24, 2.45) is 0 Å². The summed E-state index contributed by atoms with van der Waals surface area (Å²) in [5.74, 6) is -0.723. The Hall–Kier alpha value is -4.98. The molecule has 0 aromatic heterocycles. The summed E-state index contributed by atoms with van der Waals surface area (Å²) >= 11 is 0. The van der Waals surface area contributed by atoms with E-state index in [1.807, 2.05) is 0 Å². The molecule has 0 radical (unpaired) electrons. The molecule has 180 valence electrons. The topological polar surface area (TPSA) is 139 Å². The van der Waals surface area contributed by atoms with E-state index in [0.717, 1.165) is 0 Å².